The van der Waals surface area contributed by atoms with Gasteiger partial charge in [0.1, 0.15) is 17.0 Å². The van der Waals surface area contributed by atoms with E-state index in [0.29, 0.717) is 5.92 Å². The fourth-order valence-corrected chi connectivity index (χ4v) is 3.98. The summed E-state index contributed by atoms with van der Waals surface area (Å²) in [6, 6.07) is 5.67. The Balaban J connectivity index is 1.74. The van der Waals surface area contributed by atoms with Gasteiger partial charge in [-0.2, -0.15) is 13.2 Å². The molecular formula is C19H17F3N2O4S. The number of hydrogen-bond acceptors (Lipinski definition) is 6. The number of nitrogens with zero attached hydrogens (tertiary/aromatic N) is 2. The van der Waals surface area contributed by atoms with Crippen LogP contribution in [0.15, 0.2) is 39.8 Å². The van der Waals surface area contributed by atoms with Crippen LogP contribution >= 0.6 is 0 Å². The standard InChI is InChI=1S/C19H17F3N2O4S/c1-2-29(25,26)16-7-12(11-3-4-11)9-23-17(16)18-24-14-8-13(5-6-15(14)28-18)27-10-19(20,21)22/h5-9,11H,2-4,10H2,1H3. The van der Waals surface area contributed by atoms with Gasteiger partial charge in [-0.3, -0.25) is 0 Å². The van der Waals surface area contributed by atoms with Crippen LogP contribution in [0.1, 0.15) is 31.2 Å². The van der Waals surface area contributed by atoms with Crippen LogP contribution in [-0.2, 0) is 9.84 Å². The number of hydrogen-bond donors (Lipinski definition) is 0. The second-order valence-corrected chi connectivity index (χ2v) is 9.09. The quantitative estimate of drug-likeness (QED) is 0.577. The summed E-state index contributed by atoms with van der Waals surface area (Å²) in [5, 5.41) is 0. The largest absolute Gasteiger partial charge is 0.484 e. The fraction of sp³-hybridized carbons (Fsp3) is 0.368. The van der Waals surface area contributed by atoms with Crippen LogP contribution in [0, 0.1) is 0 Å². The van der Waals surface area contributed by atoms with E-state index in [1.807, 2.05) is 0 Å². The summed E-state index contributed by atoms with van der Waals surface area (Å²) in [4.78, 5) is 8.57. The van der Waals surface area contributed by atoms with Gasteiger partial charge in [0.15, 0.2) is 22.0 Å². The van der Waals surface area contributed by atoms with Crippen molar-refractivity contribution >= 4 is 20.9 Å². The van der Waals surface area contributed by atoms with Crippen molar-refractivity contribution in [1.29, 1.82) is 0 Å². The molecule has 1 fully saturated rings. The Morgan fingerprint density at radius 1 is 1.24 bits per heavy atom. The van der Waals surface area contributed by atoms with E-state index in [1.54, 1.807) is 19.2 Å². The minimum atomic E-state index is -4.46. The number of aromatic nitrogens is 2. The molecule has 0 spiro atoms. The lowest BCUT2D eigenvalue weighted by Crippen LogP contribution is -2.19. The molecule has 0 atom stereocenters. The monoisotopic (exact) mass is 426 g/mol. The zero-order valence-corrected chi connectivity index (χ0v) is 16.2. The zero-order valence-electron chi connectivity index (χ0n) is 15.4. The smallest absolute Gasteiger partial charge is 0.422 e. The van der Waals surface area contributed by atoms with Gasteiger partial charge in [0, 0.05) is 12.3 Å². The first kappa shape index (κ1) is 19.7. The Morgan fingerprint density at radius 3 is 2.66 bits per heavy atom. The van der Waals surface area contributed by atoms with Crippen molar-refractivity contribution in [3.8, 4) is 17.3 Å². The Labute approximate surface area is 164 Å². The summed E-state index contributed by atoms with van der Waals surface area (Å²) < 4.78 is 72.6. The van der Waals surface area contributed by atoms with E-state index >= 15 is 0 Å². The summed E-state index contributed by atoms with van der Waals surface area (Å²) in [6.45, 7) is 0.117. The van der Waals surface area contributed by atoms with Crippen LogP contribution in [0.2, 0.25) is 0 Å². The summed E-state index contributed by atoms with van der Waals surface area (Å²) in [6.07, 6.45) is -0.846. The molecule has 0 aliphatic heterocycles. The third-order valence-electron chi connectivity index (χ3n) is 4.60. The molecule has 2 heterocycles. The first-order chi connectivity index (χ1) is 13.7. The highest BCUT2D eigenvalue weighted by molar-refractivity contribution is 7.91. The van der Waals surface area contributed by atoms with Gasteiger partial charge in [-0.15, -0.1) is 0 Å². The molecule has 0 amide bonds. The zero-order chi connectivity index (χ0) is 20.8. The van der Waals surface area contributed by atoms with Gasteiger partial charge in [0.25, 0.3) is 0 Å². The molecule has 0 unspecified atom stereocenters. The van der Waals surface area contributed by atoms with Crippen molar-refractivity contribution < 1.29 is 30.7 Å². The van der Waals surface area contributed by atoms with Crippen molar-refractivity contribution in [1.82, 2.24) is 9.97 Å². The highest BCUT2D eigenvalue weighted by Crippen LogP contribution is 2.41. The van der Waals surface area contributed by atoms with E-state index in [2.05, 4.69) is 9.97 Å². The number of fused-ring (bicyclic) bond motifs is 1. The minimum Gasteiger partial charge on any atom is -0.484 e. The number of pyridine rings is 1. The molecule has 1 aliphatic rings. The minimum absolute atomic E-state index is 0.0117. The van der Waals surface area contributed by atoms with E-state index in [-0.39, 0.29) is 39.1 Å². The topological polar surface area (TPSA) is 82.3 Å². The third-order valence-corrected chi connectivity index (χ3v) is 6.34. The number of halogens is 3. The second-order valence-electron chi connectivity index (χ2n) is 6.85. The van der Waals surface area contributed by atoms with Gasteiger partial charge in [-0.1, -0.05) is 6.92 Å². The Bertz CT molecular complexity index is 1170. The summed E-state index contributed by atoms with van der Waals surface area (Å²) >= 11 is 0. The molecule has 10 heteroatoms. The maximum atomic E-state index is 12.6. The first-order valence-corrected chi connectivity index (χ1v) is 10.6. The summed E-state index contributed by atoms with van der Waals surface area (Å²) in [7, 11) is -3.59. The van der Waals surface area contributed by atoms with Gasteiger partial charge in [0.2, 0.25) is 5.89 Å². The van der Waals surface area contributed by atoms with Gasteiger partial charge >= 0.3 is 6.18 Å². The lowest BCUT2D eigenvalue weighted by molar-refractivity contribution is -0.153. The van der Waals surface area contributed by atoms with Crippen molar-refractivity contribution in [3.05, 3.63) is 36.0 Å². The SMILES string of the molecule is CCS(=O)(=O)c1cc(C2CC2)cnc1-c1nc2cc(OCC(F)(F)F)ccc2o1. The molecule has 154 valence electrons. The van der Waals surface area contributed by atoms with Crippen LogP contribution in [0.3, 0.4) is 0 Å². The Morgan fingerprint density at radius 2 is 2.00 bits per heavy atom. The van der Waals surface area contributed by atoms with Gasteiger partial charge in [0.05, 0.1) is 10.6 Å². The molecule has 2 aromatic heterocycles. The fourth-order valence-electron chi connectivity index (χ4n) is 2.92. The van der Waals surface area contributed by atoms with E-state index in [0.717, 1.165) is 18.4 Å². The maximum Gasteiger partial charge on any atom is 0.422 e. The van der Waals surface area contributed by atoms with E-state index < -0.39 is 22.6 Å². The van der Waals surface area contributed by atoms with Crippen LogP contribution in [0.4, 0.5) is 13.2 Å². The summed E-state index contributed by atoms with van der Waals surface area (Å²) in [5.74, 6) is 0.181. The third kappa shape index (κ3) is 4.21. The number of ether oxygens (including phenoxy) is 1. The van der Waals surface area contributed by atoms with Crippen LogP contribution < -0.4 is 4.74 Å². The predicted molar refractivity (Wildman–Crippen MR) is 98.5 cm³/mol. The van der Waals surface area contributed by atoms with Crippen molar-refractivity contribution in [3.63, 3.8) is 0 Å². The Kier molecular flexibility index (Phi) is 4.76. The highest BCUT2D eigenvalue weighted by atomic mass is 32.2. The Hall–Kier alpha value is -2.62. The van der Waals surface area contributed by atoms with E-state index in [1.165, 1.54) is 18.2 Å². The molecule has 1 saturated carbocycles. The average molecular weight is 426 g/mol. The number of oxazole rings is 1. The molecule has 6 nitrogen and oxygen atoms in total. The molecule has 29 heavy (non-hydrogen) atoms. The van der Waals surface area contributed by atoms with Gasteiger partial charge in [-0.05, 0) is 42.5 Å². The van der Waals surface area contributed by atoms with Crippen LogP contribution in [0.5, 0.6) is 5.75 Å². The van der Waals surface area contributed by atoms with Crippen LogP contribution in [0.25, 0.3) is 22.7 Å². The van der Waals surface area contributed by atoms with E-state index in [9.17, 15) is 21.6 Å². The molecule has 0 N–H and O–H groups in total. The molecule has 0 bridgehead atoms. The molecule has 0 radical (unpaired) electrons. The molecule has 1 aliphatic carbocycles. The lowest BCUT2D eigenvalue weighted by Gasteiger charge is -2.08. The van der Waals surface area contributed by atoms with Crippen LogP contribution in [-0.4, -0.2) is 36.9 Å². The van der Waals surface area contributed by atoms with Crippen molar-refractivity contribution in [2.75, 3.05) is 12.4 Å². The number of alkyl halides is 3. The van der Waals surface area contributed by atoms with Gasteiger partial charge < -0.3 is 9.15 Å². The molecule has 0 saturated heterocycles. The van der Waals surface area contributed by atoms with E-state index in [4.69, 9.17) is 9.15 Å². The number of sulfone groups is 1. The lowest BCUT2D eigenvalue weighted by atomic mass is 10.2. The molecule has 3 aromatic rings. The maximum absolute atomic E-state index is 12.6. The predicted octanol–water partition coefficient (Wildman–Crippen LogP) is 4.50. The molecule has 4 rings (SSSR count). The average Bonchev–Trinajstić information content (AvgIpc) is 3.44. The highest BCUT2D eigenvalue weighted by Gasteiger charge is 2.30. The second kappa shape index (κ2) is 7.01. The molecule has 1 aromatic carbocycles. The van der Waals surface area contributed by atoms with Crippen molar-refractivity contribution in [2.24, 2.45) is 0 Å². The number of rotatable bonds is 6. The first-order valence-electron chi connectivity index (χ1n) is 8.99. The normalized spacial score (nSPS) is 15.0. The molecular weight excluding hydrogens is 409 g/mol. The number of benzene rings is 1. The van der Waals surface area contributed by atoms with Gasteiger partial charge in [-0.25, -0.2) is 18.4 Å². The van der Waals surface area contributed by atoms with Crippen molar-refractivity contribution in [2.45, 2.75) is 36.8 Å². The summed E-state index contributed by atoms with van der Waals surface area (Å²) in [5.41, 5.74) is 1.48.